The second-order valence-electron chi connectivity index (χ2n) is 6.28. The molecule has 0 bridgehead atoms. The zero-order chi connectivity index (χ0) is 20.0. The Balaban J connectivity index is 1.67. The van der Waals surface area contributed by atoms with Crippen LogP contribution in [0, 0.1) is 0 Å². The number of para-hydroxylation sites is 1. The summed E-state index contributed by atoms with van der Waals surface area (Å²) in [5.74, 6) is 0.860. The van der Waals surface area contributed by atoms with E-state index in [1.807, 2.05) is 30.3 Å². The van der Waals surface area contributed by atoms with Crippen LogP contribution in [0.25, 0.3) is 0 Å². The van der Waals surface area contributed by atoms with E-state index in [1.54, 1.807) is 0 Å². The van der Waals surface area contributed by atoms with Crippen LogP contribution in [0.5, 0.6) is 5.75 Å². The fraction of sp³-hybridized carbons (Fsp3) is 0.727. The molecule has 0 radical (unpaired) electrons. The summed E-state index contributed by atoms with van der Waals surface area (Å²) >= 11 is 0. The van der Waals surface area contributed by atoms with E-state index in [0.29, 0.717) is 66.1 Å². The molecule has 1 aromatic carbocycles. The first kappa shape index (κ1) is 24.9. The molecule has 0 saturated heterocycles. The van der Waals surface area contributed by atoms with Gasteiger partial charge in [-0.15, -0.1) is 0 Å². The molecule has 0 heterocycles. The summed E-state index contributed by atoms with van der Waals surface area (Å²) in [6, 6.07) is 9.71. The third kappa shape index (κ3) is 17.0. The molecule has 0 saturated carbocycles. The monoisotopic (exact) mass is 398 g/mol. The average Bonchev–Trinajstić information content (AvgIpc) is 2.73. The lowest BCUT2D eigenvalue weighted by molar-refractivity contribution is -0.0128. The van der Waals surface area contributed by atoms with Crippen LogP contribution in [-0.2, 0) is 23.7 Å². The van der Waals surface area contributed by atoms with Gasteiger partial charge in [0.1, 0.15) is 12.4 Å². The molecule has 1 aromatic rings. The fourth-order valence-electron chi connectivity index (χ4n) is 2.35. The Hall–Kier alpha value is -1.18. The number of hydrogen-bond acceptors (Lipinski definition) is 6. The SMILES string of the molecule is CCCCCCOCCOCCOCCOCCOCCOc1ccccc1. The lowest BCUT2D eigenvalue weighted by atomic mass is 10.2. The standard InChI is InChI=1S/C22H38O6/c1-2-3-4-8-11-23-12-13-24-14-15-25-16-17-26-18-19-27-20-21-28-22-9-6-5-7-10-22/h5-7,9-10H,2-4,8,11-21H2,1H3. The van der Waals surface area contributed by atoms with Crippen LogP contribution in [0.2, 0.25) is 0 Å². The van der Waals surface area contributed by atoms with Gasteiger partial charge in [-0.25, -0.2) is 0 Å². The van der Waals surface area contributed by atoms with Crippen molar-refractivity contribution in [1.29, 1.82) is 0 Å². The van der Waals surface area contributed by atoms with E-state index >= 15 is 0 Å². The fourth-order valence-corrected chi connectivity index (χ4v) is 2.35. The predicted octanol–water partition coefficient (Wildman–Crippen LogP) is 3.73. The Morgan fingerprint density at radius 2 is 0.964 bits per heavy atom. The minimum Gasteiger partial charge on any atom is -0.491 e. The lowest BCUT2D eigenvalue weighted by Gasteiger charge is -2.08. The van der Waals surface area contributed by atoms with Gasteiger partial charge in [-0.2, -0.15) is 0 Å². The Labute approximate surface area is 170 Å². The Kier molecular flexibility index (Phi) is 18.2. The molecule has 0 spiro atoms. The van der Waals surface area contributed by atoms with Crippen LogP contribution in [0.3, 0.4) is 0 Å². The van der Waals surface area contributed by atoms with Gasteiger partial charge in [-0.3, -0.25) is 0 Å². The number of hydrogen-bond donors (Lipinski definition) is 0. The second-order valence-corrected chi connectivity index (χ2v) is 6.28. The third-order valence-corrected chi connectivity index (χ3v) is 3.87. The maximum absolute atomic E-state index is 5.53. The first-order valence-electron chi connectivity index (χ1n) is 10.5. The molecule has 6 nitrogen and oxygen atoms in total. The van der Waals surface area contributed by atoms with E-state index in [-0.39, 0.29) is 0 Å². The van der Waals surface area contributed by atoms with Crippen LogP contribution in [-0.4, -0.2) is 72.7 Å². The van der Waals surface area contributed by atoms with E-state index in [0.717, 1.165) is 18.8 Å². The van der Waals surface area contributed by atoms with Crippen LogP contribution in [0.15, 0.2) is 30.3 Å². The van der Waals surface area contributed by atoms with Gasteiger partial charge in [-0.05, 0) is 18.6 Å². The van der Waals surface area contributed by atoms with Gasteiger partial charge in [-0.1, -0.05) is 44.4 Å². The smallest absolute Gasteiger partial charge is 0.119 e. The molecular formula is C22H38O6. The molecule has 0 N–H and O–H groups in total. The van der Waals surface area contributed by atoms with Gasteiger partial charge in [0.05, 0.1) is 59.5 Å². The van der Waals surface area contributed by atoms with Crippen molar-refractivity contribution in [2.75, 3.05) is 72.7 Å². The summed E-state index contributed by atoms with van der Waals surface area (Å²) in [5, 5.41) is 0. The van der Waals surface area contributed by atoms with E-state index < -0.39 is 0 Å². The zero-order valence-electron chi connectivity index (χ0n) is 17.4. The molecule has 0 aliphatic heterocycles. The summed E-state index contributed by atoms with van der Waals surface area (Å²) in [6.45, 7) is 8.82. The van der Waals surface area contributed by atoms with Crippen molar-refractivity contribution in [3.63, 3.8) is 0 Å². The van der Waals surface area contributed by atoms with Gasteiger partial charge >= 0.3 is 0 Å². The van der Waals surface area contributed by atoms with E-state index in [1.165, 1.54) is 19.3 Å². The Morgan fingerprint density at radius 1 is 0.500 bits per heavy atom. The number of rotatable bonds is 21. The first-order valence-corrected chi connectivity index (χ1v) is 10.5. The highest BCUT2D eigenvalue weighted by Gasteiger charge is 1.95. The van der Waals surface area contributed by atoms with Gasteiger partial charge in [0, 0.05) is 6.61 Å². The normalized spacial score (nSPS) is 11.0. The molecule has 0 amide bonds. The summed E-state index contributed by atoms with van der Waals surface area (Å²) < 4.78 is 32.8. The quantitative estimate of drug-likeness (QED) is 0.294. The van der Waals surface area contributed by atoms with Crippen molar-refractivity contribution in [2.24, 2.45) is 0 Å². The molecular weight excluding hydrogens is 360 g/mol. The minimum absolute atomic E-state index is 0.539. The molecule has 28 heavy (non-hydrogen) atoms. The first-order chi connectivity index (χ1) is 13.9. The van der Waals surface area contributed by atoms with Gasteiger partial charge in [0.25, 0.3) is 0 Å². The van der Waals surface area contributed by atoms with Crippen LogP contribution in [0.1, 0.15) is 32.6 Å². The molecule has 0 aromatic heterocycles. The zero-order valence-corrected chi connectivity index (χ0v) is 17.4. The summed E-state index contributed by atoms with van der Waals surface area (Å²) in [4.78, 5) is 0. The number of ether oxygens (including phenoxy) is 6. The summed E-state index contributed by atoms with van der Waals surface area (Å²) in [7, 11) is 0. The van der Waals surface area contributed by atoms with Gasteiger partial charge in [0.2, 0.25) is 0 Å². The topological polar surface area (TPSA) is 55.4 Å². The van der Waals surface area contributed by atoms with Crippen molar-refractivity contribution in [3.05, 3.63) is 30.3 Å². The number of benzene rings is 1. The molecule has 0 atom stereocenters. The number of unbranched alkanes of at least 4 members (excludes halogenated alkanes) is 3. The van der Waals surface area contributed by atoms with Crippen molar-refractivity contribution < 1.29 is 28.4 Å². The molecule has 0 aliphatic carbocycles. The minimum atomic E-state index is 0.539. The maximum Gasteiger partial charge on any atom is 0.119 e. The van der Waals surface area contributed by atoms with Crippen LogP contribution >= 0.6 is 0 Å². The van der Waals surface area contributed by atoms with Gasteiger partial charge in [0.15, 0.2) is 0 Å². The largest absolute Gasteiger partial charge is 0.491 e. The maximum atomic E-state index is 5.53. The average molecular weight is 399 g/mol. The Bertz CT molecular complexity index is 415. The van der Waals surface area contributed by atoms with Gasteiger partial charge < -0.3 is 28.4 Å². The highest BCUT2D eigenvalue weighted by Crippen LogP contribution is 2.07. The van der Waals surface area contributed by atoms with Crippen molar-refractivity contribution in [2.45, 2.75) is 32.6 Å². The molecule has 0 aliphatic rings. The Morgan fingerprint density at radius 3 is 1.46 bits per heavy atom. The molecule has 6 heteroatoms. The van der Waals surface area contributed by atoms with E-state index in [9.17, 15) is 0 Å². The molecule has 0 unspecified atom stereocenters. The van der Waals surface area contributed by atoms with E-state index in [4.69, 9.17) is 28.4 Å². The van der Waals surface area contributed by atoms with Crippen LogP contribution < -0.4 is 4.74 Å². The highest BCUT2D eigenvalue weighted by molar-refractivity contribution is 5.20. The van der Waals surface area contributed by atoms with Crippen molar-refractivity contribution >= 4 is 0 Å². The van der Waals surface area contributed by atoms with Crippen molar-refractivity contribution in [3.8, 4) is 5.75 Å². The van der Waals surface area contributed by atoms with Crippen LogP contribution in [0.4, 0.5) is 0 Å². The summed E-state index contributed by atoms with van der Waals surface area (Å²) in [5.41, 5.74) is 0. The summed E-state index contributed by atoms with van der Waals surface area (Å²) in [6.07, 6.45) is 4.94. The molecule has 0 fully saturated rings. The second kappa shape index (κ2) is 20.6. The van der Waals surface area contributed by atoms with E-state index in [2.05, 4.69) is 6.92 Å². The molecule has 1 rings (SSSR count). The molecule has 162 valence electrons. The third-order valence-electron chi connectivity index (χ3n) is 3.87. The van der Waals surface area contributed by atoms with Crippen molar-refractivity contribution in [1.82, 2.24) is 0 Å². The lowest BCUT2D eigenvalue weighted by Crippen LogP contribution is -2.14. The predicted molar refractivity (Wildman–Crippen MR) is 110 cm³/mol. The highest BCUT2D eigenvalue weighted by atomic mass is 16.6.